The van der Waals surface area contributed by atoms with Gasteiger partial charge in [0.1, 0.15) is 5.82 Å². The monoisotopic (exact) mass is 422 g/mol. The molecule has 3 aliphatic rings. The van der Waals surface area contributed by atoms with Gasteiger partial charge in [-0.05, 0) is 66.2 Å². The van der Waals surface area contributed by atoms with Gasteiger partial charge in [0.2, 0.25) is 0 Å². The molecule has 2 N–H and O–H groups in total. The Kier molecular flexibility index (Phi) is 4.20. The number of hydrogen-bond donors (Lipinski definition) is 2. The second-order valence-corrected chi connectivity index (χ2v) is 9.84. The number of aromatic nitrogens is 2. The summed E-state index contributed by atoms with van der Waals surface area (Å²) in [7, 11) is 0. The van der Waals surface area contributed by atoms with Crippen molar-refractivity contribution in [2.75, 3.05) is 0 Å². The molecule has 3 fully saturated rings. The van der Waals surface area contributed by atoms with E-state index in [2.05, 4.69) is 36.7 Å². The maximum absolute atomic E-state index is 14.1. The first kappa shape index (κ1) is 20.0. The molecule has 8 heteroatoms. The summed E-state index contributed by atoms with van der Waals surface area (Å²) in [5.74, 6) is 0.308. The van der Waals surface area contributed by atoms with Crippen LogP contribution in [0.15, 0.2) is 30.5 Å². The summed E-state index contributed by atoms with van der Waals surface area (Å²) in [5, 5.41) is 4.04. The van der Waals surface area contributed by atoms with Gasteiger partial charge >= 0.3 is 6.18 Å². The summed E-state index contributed by atoms with van der Waals surface area (Å²) in [4.78, 5) is 0. The number of nitrogens with zero attached hydrogens (tertiary/aromatic N) is 2. The Labute approximate surface area is 173 Å². The molecule has 2 saturated carbocycles. The van der Waals surface area contributed by atoms with Gasteiger partial charge in [0.25, 0.3) is 0 Å². The first-order valence-corrected chi connectivity index (χ1v) is 10.5. The zero-order valence-electron chi connectivity index (χ0n) is 17.2. The normalized spacial score (nSPS) is 34.9. The van der Waals surface area contributed by atoms with Crippen LogP contribution in [0.5, 0.6) is 0 Å². The van der Waals surface area contributed by atoms with Gasteiger partial charge in [-0.1, -0.05) is 20.8 Å². The van der Waals surface area contributed by atoms with Crippen molar-refractivity contribution in [2.45, 2.75) is 58.3 Å². The van der Waals surface area contributed by atoms with E-state index in [1.54, 1.807) is 0 Å². The molecule has 5 atom stereocenters. The highest BCUT2D eigenvalue weighted by Gasteiger charge is 2.67. The van der Waals surface area contributed by atoms with E-state index < -0.39 is 23.7 Å². The lowest BCUT2D eigenvalue weighted by Gasteiger charge is -2.45. The molecule has 4 nitrogen and oxygen atoms in total. The van der Waals surface area contributed by atoms with E-state index in [1.165, 1.54) is 18.3 Å². The summed E-state index contributed by atoms with van der Waals surface area (Å²) in [6, 6.07) is 4.66. The van der Waals surface area contributed by atoms with Crippen molar-refractivity contribution in [3.05, 3.63) is 47.5 Å². The van der Waals surface area contributed by atoms with Gasteiger partial charge < -0.3 is 0 Å². The van der Waals surface area contributed by atoms with Crippen molar-refractivity contribution in [1.82, 2.24) is 20.6 Å². The third-order valence-electron chi connectivity index (χ3n) is 8.44. The second-order valence-electron chi connectivity index (χ2n) is 9.84. The maximum Gasteiger partial charge on any atom is 0.433 e. The number of fused-ring (bicyclic) bond motifs is 5. The molecule has 1 aromatic carbocycles. The third-order valence-corrected chi connectivity index (χ3v) is 8.44. The summed E-state index contributed by atoms with van der Waals surface area (Å²) in [6.45, 7) is 6.90. The fourth-order valence-corrected chi connectivity index (χ4v) is 6.54. The Bertz CT molecular complexity index is 965. The quantitative estimate of drug-likeness (QED) is 0.669. The van der Waals surface area contributed by atoms with Crippen LogP contribution in [0.4, 0.5) is 17.6 Å². The van der Waals surface area contributed by atoms with Crippen LogP contribution in [0, 0.1) is 28.5 Å². The number of halogens is 4. The second kappa shape index (κ2) is 6.29. The molecule has 1 aliphatic heterocycles. The van der Waals surface area contributed by atoms with Crippen LogP contribution in [-0.2, 0) is 6.18 Å². The minimum atomic E-state index is -4.58. The Hall–Kier alpha value is -1.93. The summed E-state index contributed by atoms with van der Waals surface area (Å²) >= 11 is 0. The lowest BCUT2D eigenvalue weighted by Crippen LogP contribution is -2.58. The van der Waals surface area contributed by atoms with Gasteiger partial charge in [0.15, 0.2) is 5.69 Å². The van der Waals surface area contributed by atoms with Gasteiger partial charge in [-0.3, -0.25) is 5.43 Å². The summed E-state index contributed by atoms with van der Waals surface area (Å²) in [6.07, 6.45) is -0.383. The zero-order valence-corrected chi connectivity index (χ0v) is 17.2. The number of nitrogens with one attached hydrogen (secondary N) is 2. The molecule has 0 amide bonds. The van der Waals surface area contributed by atoms with Gasteiger partial charge in [0, 0.05) is 11.6 Å². The van der Waals surface area contributed by atoms with E-state index in [-0.39, 0.29) is 28.1 Å². The molecule has 162 valence electrons. The average molecular weight is 422 g/mol. The molecule has 0 spiro atoms. The highest BCUT2D eigenvalue weighted by molar-refractivity contribution is 5.38. The molecule has 5 rings (SSSR count). The van der Waals surface area contributed by atoms with Crippen molar-refractivity contribution >= 4 is 0 Å². The average Bonchev–Trinajstić information content (AvgIpc) is 3.27. The molecular formula is C22H26F4N4. The minimum absolute atomic E-state index is 0.128. The van der Waals surface area contributed by atoms with Crippen molar-refractivity contribution in [3.63, 3.8) is 0 Å². The van der Waals surface area contributed by atoms with Crippen LogP contribution in [0.2, 0.25) is 0 Å². The molecule has 30 heavy (non-hydrogen) atoms. The highest BCUT2D eigenvalue weighted by atomic mass is 19.4. The Morgan fingerprint density at radius 2 is 1.80 bits per heavy atom. The standard InChI is InChI=1S/C22H26F4N4/c1-20(2)16-8-9-21(20,3)18-14(16)10-17(28-29-18)15-11-27-30(19(15)22(24,25)26)13-6-4-12(23)5-7-13/h4-7,11,14,16-18,28-29H,8-10H2,1-3H3/t14?,16-,17?,18?,21-/m1/s1. The molecule has 2 aliphatic carbocycles. The van der Waals surface area contributed by atoms with Crippen molar-refractivity contribution in [3.8, 4) is 5.69 Å². The first-order chi connectivity index (χ1) is 14.0. The van der Waals surface area contributed by atoms with Gasteiger partial charge in [0.05, 0.1) is 17.9 Å². The molecule has 2 heterocycles. The Morgan fingerprint density at radius 3 is 2.47 bits per heavy atom. The SMILES string of the molecule is CC1(C)[C@@H]2CC[C@]1(C)C1NNC(c3cnn(-c4ccc(F)cc4)c3C(F)(F)F)CC12. The van der Waals surface area contributed by atoms with Crippen LogP contribution < -0.4 is 10.9 Å². The van der Waals surface area contributed by atoms with Crippen molar-refractivity contribution < 1.29 is 17.6 Å². The molecule has 2 bridgehead atoms. The molecule has 1 saturated heterocycles. The number of rotatable bonds is 2. The van der Waals surface area contributed by atoms with E-state index in [0.717, 1.165) is 29.7 Å². The van der Waals surface area contributed by atoms with Gasteiger partial charge in [-0.25, -0.2) is 14.5 Å². The highest BCUT2D eigenvalue weighted by Crippen LogP contribution is 2.69. The van der Waals surface area contributed by atoms with Crippen molar-refractivity contribution in [2.24, 2.45) is 22.7 Å². The number of hydrazine groups is 1. The van der Waals surface area contributed by atoms with Gasteiger partial charge in [-0.2, -0.15) is 18.3 Å². The number of hydrogen-bond acceptors (Lipinski definition) is 3. The molecule has 2 aromatic rings. The minimum Gasteiger partial charge on any atom is -0.253 e. The molecule has 3 unspecified atom stereocenters. The summed E-state index contributed by atoms with van der Waals surface area (Å²) < 4.78 is 56.4. The maximum atomic E-state index is 14.1. The van der Waals surface area contributed by atoms with E-state index in [1.807, 2.05) is 0 Å². The Balaban J connectivity index is 1.51. The van der Waals surface area contributed by atoms with Crippen LogP contribution in [0.1, 0.15) is 57.3 Å². The number of benzene rings is 1. The number of alkyl halides is 3. The van der Waals surface area contributed by atoms with Crippen LogP contribution in [-0.4, -0.2) is 15.8 Å². The van der Waals surface area contributed by atoms with Crippen molar-refractivity contribution in [1.29, 1.82) is 0 Å². The fourth-order valence-electron chi connectivity index (χ4n) is 6.54. The Morgan fingerprint density at radius 1 is 1.10 bits per heavy atom. The predicted octanol–water partition coefficient (Wildman–Crippen LogP) is 5.01. The smallest absolute Gasteiger partial charge is 0.253 e. The van der Waals surface area contributed by atoms with E-state index in [0.29, 0.717) is 18.3 Å². The van der Waals surface area contributed by atoms with Crippen LogP contribution >= 0.6 is 0 Å². The molecule has 0 radical (unpaired) electrons. The topological polar surface area (TPSA) is 41.9 Å². The van der Waals surface area contributed by atoms with Crippen LogP contribution in [0.3, 0.4) is 0 Å². The first-order valence-electron chi connectivity index (χ1n) is 10.5. The van der Waals surface area contributed by atoms with E-state index >= 15 is 0 Å². The molecule has 1 aromatic heterocycles. The zero-order chi connectivity index (χ0) is 21.5. The third kappa shape index (κ3) is 2.62. The lowest BCUT2D eigenvalue weighted by atomic mass is 9.69. The summed E-state index contributed by atoms with van der Waals surface area (Å²) in [5.41, 5.74) is 6.35. The fraction of sp³-hybridized carbons (Fsp3) is 0.591. The predicted molar refractivity (Wildman–Crippen MR) is 104 cm³/mol. The molecular weight excluding hydrogens is 396 g/mol. The lowest BCUT2D eigenvalue weighted by molar-refractivity contribution is -0.143. The largest absolute Gasteiger partial charge is 0.433 e. The van der Waals surface area contributed by atoms with Crippen LogP contribution in [0.25, 0.3) is 5.69 Å². The van der Waals surface area contributed by atoms with Gasteiger partial charge in [-0.15, -0.1) is 0 Å². The van der Waals surface area contributed by atoms with E-state index in [9.17, 15) is 17.6 Å². The van der Waals surface area contributed by atoms with E-state index in [4.69, 9.17) is 0 Å².